The topological polar surface area (TPSA) is 55.8 Å². The Morgan fingerprint density at radius 1 is 1.25 bits per heavy atom. The number of aliphatic hydroxyl groups is 1. The van der Waals surface area contributed by atoms with E-state index in [-0.39, 0.29) is 11.1 Å². The number of carbonyl (C=O) groups excluding carboxylic acids is 1. The molecule has 0 spiro atoms. The normalized spacial score (nSPS) is 25.0. The van der Waals surface area contributed by atoms with E-state index in [1.165, 1.54) is 6.08 Å². The number of hydrogen-bond acceptors (Lipinski definition) is 4. The molecule has 1 aliphatic carbocycles. The van der Waals surface area contributed by atoms with Gasteiger partial charge in [-0.1, -0.05) is 27.4 Å². The number of rotatable bonds is 3. The third-order valence-electron chi connectivity index (χ3n) is 4.71. The molecule has 1 rings (SSSR count). The highest BCUT2D eigenvalue weighted by Crippen LogP contribution is 2.40. The van der Waals surface area contributed by atoms with Gasteiger partial charge in [-0.05, 0) is 56.5 Å². The van der Waals surface area contributed by atoms with Gasteiger partial charge in [-0.2, -0.15) is 0 Å². The van der Waals surface area contributed by atoms with E-state index in [9.17, 15) is 9.90 Å². The van der Waals surface area contributed by atoms with Gasteiger partial charge in [-0.15, -0.1) is 0 Å². The average molecular weight is 355 g/mol. The lowest BCUT2D eigenvalue weighted by molar-refractivity contribution is -0.148. The summed E-state index contributed by atoms with van der Waals surface area (Å²) in [5.41, 5.74) is 0.780. The van der Waals surface area contributed by atoms with Crippen LogP contribution in [0.3, 0.4) is 0 Å². The molecule has 2 atom stereocenters. The Morgan fingerprint density at radius 3 is 2.25 bits per heavy atom. The van der Waals surface area contributed by atoms with Gasteiger partial charge in [-0.3, -0.25) is 0 Å². The van der Waals surface area contributed by atoms with Gasteiger partial charge in [0.1, 0.15) is 5.60 Å². The zero-order chi connectivity index (χ0) is 18.9. The first-order valence-corrected chi connectivity index (χ1v) is 11.5. The van der Waals surface area contributed by atoms with Crippen molar-refractivity contribution in [2.45, 2.75) is 90.3 Å². The summed E-state index contributed by atoms with van der Waals surface area (Å²) in [6, 6.07) is 0. The van der Waals surface area contributed by atoms with Gasteiger partial charge >= 0.3 is 5.97 Å². The molecular formula is C19H34O4Si. The fraction of sp³-hybridized carbons (Fsp3) is 0.737. The van der Waals surface area contributed by atoms with Crippen LogP contribution in [0.2, 0.25) is 18.1 Å². The molecule has 0 saturated heterocycles. The van der Waals surface area contributed by atoms with Crippen molar-refractivity contribution in [2.75, 3.05) is 0 Å². The summed E-state index contributed by atoms with van der Waals surface area (Å²) in [4.78, 5) is 12.1. The lowest BCUT2D eigenvalue weighted by Crippen LogP contribution is -2.46. The van der Waals surface area contributed by atoms with Crippen LogP contribution in [-0.2, 0) is 14.0 Å². The highest BCUT2D eigenvalue weighted by molar-refractivity contribution is 6.74. The lowest BCUT2D eigenvalue weighted by atomic mass is 9.86. The maximum atomic E-state index is 12.1. The van der Waals surface area contributed by atoms with Crippen LogP contribution in [0.1, 0.15) is 54.4 Å². The van der Waals surface area contributed by atoms with Gasteiger partial charge in [0.15, 0.2) is 8.32 Å². The van der Waals surface area contributed by atoms with E-state index >= 15 is 0 Å². The molecule has 0 aromatic heterocycles. The van der Waals surface area contributed by atoms with Gasteiger partial charge in [0.25, 0.3) is 0 Å². The fourth-order valence-corrected chi connectivity index (χ4v) is 3.74. The number of aliphatic hydroxyl groups excluding tert-OH is 1. The quantitative estimate of drug-likeness (QED) is 0.465. The minimum atomic E-state index is -1.94. The van der Waals surface area contributed by atoms with Crippen LogP contribution in [0.5, 0.6) is 0 Å². The Morgan fingerprint density at radius 2 is 1.79 bits per heavy atom. The second-order valence-corrected chi connectivity index (χ2v) is 13.9. The molecule has 1 aliphatic rings. The smallest absolute Gasteiger partial charge is 0.331 e. The molecule has 0 aromatic rings. The van der Waals surface area contributed by atoms with Gasteiger partial charge in [-0.25, -0.2) is 4.79 Å². The zero-order valence-electron chi connectivity index (χ0n) is 16.5. The maximum absolute atomic E-state index is 12.1. The van der Waals surface area contributed by atoms with Crippen molar-refractivity contribution in [3.8, 4) is 0 Å². The van der Waals surface area contributed by atoms with Crippen LogP contribution in [0.15, 0.2) is 23.8 Å². The molecule has 0 aliphatic heterocycles. The molecule has 0 unspecified atom stereocenters. The van der Waals surface area contributed by atoms with E-state index < -0.39 is 26.0 Å². The van der Waals surface area contributed by atoms with E-state index in [2.05, 4.69) is 40.4 Å². The molecule has 1 saturated carbocycles. The van der Waals surface area contributed by atoms with Crippen LogP contribution >= 0.6 is 0 Å². The fourth-order valence-electron chi connectivity index (χ4n) is 2.37. The van der Waals surface area contributed by atoms with Crippen LogP contribution in [0.4, 0.5) is 0 Å². The second-order valence-electron chi connectivity index (χ2n) is 9.18. The highest BCUT2D eigenvalue weighted by atomic mass is 28.4. The molecule has 5 heteroatoms. The Balaban J connectivity index is 2.92. The van der Waals surface area contributed by atoms with Crippen molar-refractivity contribution in [3.05, 3.63) is 23.8 Å². The molecule has 1 N–H and O–H groups in total. The molecular weight excluding hydrogens is 320 g/mol. The third-order valence-corrected chi connectivity index (χ3v) is 9.25. The first-order valence-electron chi connectivity index (χ1n) is 8.61. The Hall–Kier alpha value is -0.913. The molecule has 1 fully saturated rings. The molecule has 0 radical (unpaired) electrons. The summed E-state index contributed by atoms with van der Waals surface area (Å²) in [7, 11) is -1.94. The number of carbonyl (C=O) groups is 1. The first-order chi connectivity index (χ1) is 10.6. The predicted molar refractivity (Wildman–Crippen MR) is 100 cm³/mol. The molecule has 0 heterocycles. The molecule has 0 bridgehead atoms. The summed E-state index contributed by atoms with van der Waals surface area (Å²) in [6.45, 7) is 20.4. The third kappa shape index (κ3) is 5.87. The zero-order valence-corrected chi connectivity index (χ0v) is 17.5. The number of hydrogen-bond donors (Lipinski definition) is 1. The van der Waals surface area contributed by atoms with Gasteiger partial charge in [0.05, 0.1) is 12.2 Å². The summed E-state index contributed by atoms with van der Waals surface area (Å²) in [5.74, 6) is -0.404. The molecule has 24 heavy (non-hydrogen) atoms. The molecule has 0 aromatic carbocycles. The summed E-state index contributed by atoms with van der Waals surface area (Å²) in [6.07, 6.45) is 1.79. The van der Waals surface area contributed by atoms with E-state index in [0.29, 0.717) is 18.4 Å². The minimum Gasteiger partial charge on any atom is -0.457 e. The summed E-state index contributed by atoms with van der Waals surface area (Å²) in [5, 5.41) is 10.4. The van der Waals surface area contributed by atoms with E-state index in [1.807, 2.05) is 20.8 Å². The van der Waals surface area contributed by atoms with Gasteiger partial charge in [0, 0.05) is 12.5 Å². The SMILES string of the molecule is C=C1/C(=C\C(=O)OC(C)(C)C)C[C@@H](O[Si](C)(C)C(C)(C)C)C[C@H]1O. The average Bonchev–Trinajstić information content (AvgIpc) is 2.30. The van der Waals surface area contributed by atoms with Gasteiger partial charge in [0.2, 0.25) is 0 Å². The van der Waals surface area contributed by atoms with E-state index in [0.717, 1.165) is 5.57 Å². The van der Waals surface area contributed by atoms with Crippen LogP contribution in [0.25, 0.3) is 0 Å². The molecule has 138 valence electrons. The Bertz CT molecular complexity index is 520. The monoisotopic (exact) mass is 354 g/mol. The largest absolute Gasteiger partial charge is 0.457 e. The standard InChI is InChI=1S/C19H34O4Si/c1-13-14(11-17(21)22-18(2,3)4)10-15(12-16(13)20)23-24(8,9)19(5,6)7/h11,15-16,20H,1,10,12H2,2-9H3/b14-11-/t15-,16-/m1/s1. The van der Waals surface area contributed by atoms with Crippen molar-refractivity contribution >= 4 is 14.3 Å². The first kappa shape index (κ1) is 21.1. The van der Waals surface area contributed by atoms with Crippen LogP contribution in [0, 0.1) is 0 Å². The van der Waals surface area contributed by atoms with E-state index in [1.54, 1.807) is 0 Å². The predicted octanol–water partition coefficient (Wildman–Crippen LogP) is 4.36. The van der Waals surface area contributed by atoms with Gasteiger partial charge < -0.3 is 14.3 Å². The van der Waals surface area contributed by atoms with E-state index in [4.69, 9.17) is 9.16 Å². The summed E-state index contributed by atoms with van der Waals surface area (Å²) < 4.78 is 11.8. The van der Waals surface area contributed by atoms with Crippen molar-refractivity contribution < 1.29 is 19.1 Å². The highest BCUT2D eigenvalue weighted by Gasteiger charge is 2.41. The van der Waals surface area contributed by atoms with Crippen LogP contribution < -0.4 is 0 Å². The second kappa shape index (κ2) is 7.14. The minimum absolute atomic E-state index is 0.0971. The number of ether oxygens (including phenoxy) is 1. The molecule has 4 nitrogen and oxygen atoms in total. The summed E-state index contributed by atoms with van der Waals surface area (Å²) >= 11 is 0. The van der Waals surface area contributed by atoms with Crippen molar-refractivity contribution in [2.24, 2.45) is 0 Å². The van der Waals surface area contributed by atoms with Crippen LogP contribution in [-0.4, -0.2) is 37.2 Å². The van der Waals surface area contributed by atoms with Crippen molar-refractivity contribution in [1.82, 2.24) is 0 Å². The maximum Gasteiger partial charge on any atom is 0.331 e. The Kier molecular flexibility index (Phi) is 6.29. The number of esters is 1. The Labute approximate surface area is 148 Å². The van der Waals surface area contributed by atoms with Crippen molar-refractivity contribution in [3.63, 3.8) is 0 Å². The molecule has 0 amide bonds. The van der Waals surface area contributed by atoms with Crippen molar-refractivity contribution in [1.29, 1.82) is 0 Å². The lowest BCUT2D eigenvalue weighted by Gasteiger charge is -2.41.